The summed E-state index contributed by atoms with van der Waals surface area (Å²) in [5.74, 6) is 0.762. The Morgan fingerprint density at radius 3 is 1.32 bits per heavy atom. The molecule has 0 spiro atoms. The van der Waals surface area contributed by atoms with E-state index in [9.17, 15) is 13.3 Å². The molecule has 0 radical (unpaired) electrons. The number of hydrogen-bond donors (Lipinski definition) is 0. The summed E-state index contributed by atoms with van der Waals surface area (Å²) in [6.45, 7) is -2.76. The molecule has 0 N–H and O–H groups in total. The predicted octanol–water partition coefficient (Wildman–Crippen LogP) is 6.37. The normalized spacial score (nSPS) is 12.4. The van der Waals surface area contributed by atoms with E-state index in [0.29, 0.717) is 12.3 Å². The summed E-state index contributed by atoms with van der Waals surface area (Å²) in [5, 5.41) is 3.74. The van der Waals surface area contributed by atoms with E-state index in [1.54, 1.807) is 0 Å². The molecule has 0 bridgehead atoms. The van der Waals surface area contributed by atoms with E-state index in [1.807, 2.05) is 0 Å². The van der Waals surface area contributed by atoms with Gasteiger partial charge in [-0.1, -0.05) is 0 Å². The van der Waals surface area contributed by atoms with Gasteiger partial charge in [0, 0.05) is 12.3 Å². The molecule has 3 nitrogen and oxygen atoms in total. The molecule has 0 amide bonds. The van der Waals surface area contributed by atoms with E-state index in [4.69, 9.17) is 22.4 Å². The number of benzene rings is 3. The molecule has 0 saturated carbocycles. The van der Waals surface area contributed by atoms with Gasteiger partial charge in [-0.25, -0.2) is 0 Å². The monoisotopic (exact) mass is 676 g/mol. The summed E-state index contributed by atoms with van der Waals surface area (Å²) >= 11 is 9.68. The van der Waals surface area contributed by atoms with Gasteiger partial charge in [-0.15, -0.1) is 0 Å². The molecule has 37 heavy (non-hydrogen) atoms. The first kappa shape index (κ1) is 31.5. The minimum absolute atomic E-state index is 0.592. The Labute approximate surface area is 244 Å². The molecule has 0 aliphatic heterocycles. The van der Waals surface area contributed by atoms with Gasteiger partial charge in [0.15, 0.2) is 13.2 Å². The molecule has 0 saturated heterocycles. The van der Waals surface area contributed by atoms with E-state index in [0.717, 1.165) is 55.1 Å². The van der Waals surface area contributed by atoms with Gasteiger partial charge in [0.1, 0.15) is 0 Å². The minimum Gasteiger partial charge on any atom is -0.0141 e. The number of rotatable bonds is 12. The molecule has 3 aromatic rings. The van der Waals surface area contributed by atoms with Crippen LogP contribution in [0.1, 0.15) is 16.7 Å². The first-order valence-electron chi connectivity index (χ1n) is 11.2. The van der Waals surface area contributed by atoms with Gasteiger partial charge in [-0.3, -0.25) is 9.13 Å². The van der Waals surface area contributed by atoms with Crippen molar-refractivity contribution in [1.82, 2.24) is 0 Å². The van der Waals surface area contributed by atoms with E-state index in [2.05, 4.69) is 80.6 Å². The Morgan fingerprint density at radius 2 is 1.00 bits per heavy atom. The van der Waals surface area contributed by atoms with Gasteiger partial charge in [0.05, 0.1) is 0 Å². The van der Waals surface area contributed by atoms with Crippen LogP contribution in [0.2, 0.25) is 0 Å². The second-order valence-corrected chi connectivity index (χ2v) is 23.1. The van der Waals surface area contributed by atoms with Crippen molar-refractivity contribution in [3.63, 3.8) is 0 Å². The fraction of sp³-hybridized carbons (Fsp3) is 0.250. The molecular weight excluding hydrogens is 653 g/mol. The Kier molecular flexibility index (Phi) is 14.4. The Balaban J connectivity index is 1.88. The van der Waals surface area contributed by atoms with Crippen LogP contribution in [0, 0.1) is 0 Å². The second kappa shape index (κ2) is 16.9. The summed E-state index contributed by atoms with van der Waals surface area (Å²) in [6, 6.07) is 25.9. The van der Waals surface area contributed by atoms with Crippen molar-refractivity contribution >= 4 is 106 Å². The van der Waals surface area contributed by atoms with Crippen LogP contribution in [0.5, 0.6) is 0 Å². The second-order valence-electron chi connectivity index (χ2n) is 7.89. The zero-order valence-corrected chi connectivity index (χ0v) is 28.1. The molecule has 0 fully saturated rings. The standard InChI is InChI=1S/C24H24O3P4S6/c25-29(35-32)16-13-19-1-7-22(8-2-19)31(23-9-3-20(4-10-23)14-17-30(26)36-33)24-11-5-21(6-12-24)15-18-34-37(27)28/h1-12H,13-18H2. The first-order chi connectivity index (χ1) is 17.9. The van der Waals surface area contributed by atoms with Crippen LogP contribution in [0.4, 0.5) is 0 Å². The topological polar surface area (TPSA) is 51.2 Å². The maximum atomic E-state index is 11.8. The fourth-order valence-corrected chi connectivity index (χ4v) is 11.0. The summed E-state index contributed by atoms with van der Waals surface area (Å²) in [5.41, 5.74) is 3.52. The van der Waals surface area contributed by atoms with Crippen LogP contribution in [-0.4, -0.2) is 22.3 Å². The van der Waals surface area contributed by atoms with Gasteiger partial charge >= 0.3 is 146 Å². The zero-order valence-electron chi connectivity index (χ0n) is 19.6. The molecule has 0 aliphatic rings. The Morgan fingerprint density at radius 1 is 0.649 bits per heavy atom. The van der Waals surface area contributed by atoms with Crippen molar-refractivity contribution < 1.29 is 13.3 Å². The van der Waals surface area contributed by atoms with Crippen molar-refractivity contribution in [3.05, 3.63) is 89.5 Å². The van der Waals surface area contributed by atoms with Gasteiger partial charge in [-0.2, -0.15) is 0 Å². The quantitative estimate of drug-likeness (QED) is 0.164. The van der Waals surface area contributed by atoms with Crippen LogP contribution in [-0.2, 0) is 78.6 Å². The average molecular weight is 677 g/mol. The van der Waals surface area contributed by atoms with E-state index >= 15 is 0 Å². The smallest absolute Gasteiger partial charge is 0.0141 e. The SMILES string of the molecule is O=P(CCc1ccc(P(c2ccc(CCSS(=O)#P)cc2)c2ccc(CCP(=O)=S=S)cc2)cc1)=S=S. The van der Waals surface area contributed by atoms with Crippen molar-refractivity contribution in [2.24, 2.45) is 0 Å². The number of hydrogen-bond acceptors (Lipinski definition) is 6. The van der Waals surface area contributed by atoms with Crippen molar-refractivity contribution in [1.29, 1.82) is 0 Å². The Bertz CT molecular complexity index is 1470. The Hall–Kier alpha value is -0.0300. The van der Waals surface area contributed by atoms with Crippen molar-refractivity contribution in [2.45, 2.75) is 19.3 Å². The van der Waals surface area contributed by atoms with E-state index in [-0.39, 0.29) is 0 Å². The van der Waals surface area contributed by atoms with Crippen molar-refractivity contribution in [3.8, 4) is 0 Å². The summed E-state index contributed by atoms with van der Waals surface area (Å²) < 4.78 is 34.7. The van der Waals surface area contributed by atoms with E-state index in [1.165, 1.54) is 32.3 Å². The van der Waals surface area contributed by atoms with Gasteiger partial charge in [0.2, 0.25) is 0 Å². The maximum absolute atomic E-state index is 11.8. The van der Waals surface area contributed by atoms with Gasteiger partial charge in [0.25, 0.3) is 0 Å². The zero-order chi connectivity index (χ0) is 26.6. The minimum atomic E-state index is -1.38. The van der Waals surface area contributed by atoms with Crippen LogP contribution in [0.25, 0.3) is 0 Å². The third-order valence-corrected chi connectivity index (χ3v) is 17.2. The van der Waals surface area contributed by atoms with Gasteiger partial charge < -0.3 is 0 Å². The molecular formula is C24H24O3P4S6. The average Bonchev–Trinajstić information content (AvgIpc) is 2.92. The van der Waals surface area contributed by atoms with Crippen LogP contribution >= 0.6 is 39.7 Å². The molecule has 3 rings (SSSR count). The molecule has 2 atom stereocenters. The number of aryl methyl sites for hydroxylation is 3. The summed E-state index contributed by atoms with van der Waals surface area (Å²) in [7, 11) is 5.38. The van der Waals surface area contributed by atoms with Crippen molar-refractivity contribution in [2.75, 3.05) is 18.1 Å². The summed E-state index contributed by atoms with van der Waals surface area (Å²) in [6.07, 6.45) is 3.53. The van der Waals surface area contributed by atoms with E-state index < -0.39 is 29.9 Å². The molecule has 0 heterocycles. The molecule has 0 aromatic heterocycles. The van der Waals surface area contributed by atoms with Crippen LogP contribution < -0.4 is 15.9 Å². The molecule has 2 unspecified atom stereocenters. The molecule has 0 aliphatic carbocycles. The van der Waals surface area contributed by atoms with Gasteiger partial charge in [-0.05, 0) is 65.3 Å². The third-order valence-electron chi connectivity index (χ3n) is 5.49. The fourth-order valence-electron chi connectivity index (χ4n) is 3.63. The third kappa shape index (κ3) is 10.8. The molecule has 13 heteroatoms. The molecule has 3 aromatic carbocycles. The summed E-state index contributed by atoms with van der Waals surface area (Å²) in [4.78, 5) is 0. The first-order valence-corrected chi connectivity index (χ1v) is 23.8. The van der Waals surface area contributed by atoms with Crippen LogP contribution in [0.3, 0.4) is 0 Å². The van der Waals surface area contributed by atoms with Crippen LogP contribution in [0.15, 0.2) is 72.8 Å². The molecule has 194 valence electrons. The predicted molar refractivity (Wildman–Crippen MR) is 178 cm³/mol.